The Morgan fingerprint density at radius 3 is 2.00 bits per heavy atom. The molecule has 1 unspecified atom stereocenters. The Bertz CT molecular complexity index is 310. The van der Waals surface area contributed by atoms with Crippen molar-refractivity contribution in [3.8, 4) is 0 Å². The number of benzene rings is 1. The van der Waals surface area contributed by atoms with E-state index in [1.54, 1.807) is 12.1 Å². The van der Waals surface area contributed by atoms with Crippen LogP contribution in [0.15, 0.2) is 36.4 Å². The summed E-state index contributed by atoms with van der Waals surface area (Å²) in [6.45, 7) is 1.94. The van der Waals surface area contributed by atoms with Crippen LogP contribution in [0.2, 0.25) is 0 Å². The number of hydrogen-bond donors (Lipinski definition) is 1. The fourth-order valence-electron chi connectivity index (χ4n) is 0.696. The summed E-state index contributed by atoms with van der Waals surface area (Å²) < 4.78 is 10.5. The zero-order valence-electron chi connectivity index (χ0n) is 7.53. The van der Waals surface area contributed by atoms with Crippen LogP contribution in [-0.2, 0) is 4.57 Å². The highest BCUT2D eigenvalue weighted by Gasteiger charge is 1.95. The first kappa shape index (κ1) is 10.2. The van der Waals surface area contributed by atoms with Crippen molar-refractivity contribution < 1.29 is 9.46 Å². The predicted octanol–water partition coefficient (Wildman–Crippen LogP) is 2.03. The third-order valence-electron chi connectivity index (χ3n) is 1.53. The average molecular weight is 196 g/mol. The second-order valence-corrected chi connectivity index (χ2v) is 4.07. The Kier molecular flexibility index (Phi) is 3.94. The molecular weight excluding hydrogens is 183 g/mol. The smallest absolute Gasteiger partial charge is 0.218 e. The van der Waals surface area contributed by atoms with Crippen LogP contribution in [-0.4, -0.2) is 4.89 Å². The Hall–Kier alpha value is -0.850. The molecule has 0 heterocycles. The van der Waals surface area contributed by atoms with Crippen molar-refractivity contribution in [1.82, 2.24) is 0 Å². The largest absolute Gasteiger partial charge is 0.343 e. The Labute approximate surface area is 78.8 Å². The maximum Gasteiger partial charge on any atom is 0.218 e. The van der Waals surface area contributed by atoms with Crippen LogP contribution >= 0.6 is 8.03 Å². The Morgan fingerprint density at radius 2 is 1.69 bits per heavy atom. The summed E-state index contributed by atoms with van der Waals surface area (Å²) in [5.74, 6) is 0. The molecule has 0 spiro atoms. The van der Waals surface area contributed by atoms with E-state index in [1.165, 1.54) is 6.42 Å². The molecule has 2 rings (SSSR count). The molecule has 1 N–H and O–H groups in total. The lowest BCUT2D eigenvalue weighted by atomic mass is 10.2. The first-order valence-corrected chi connectivity index (χ1v) is 5.50. The molecule has 1 atom stereocenters. The summed E-state index contributed by atoms with van der Waals surface area (Å²) in [4.78, 5) is 8.66. The van der Waals surface area contributed by atoms with Crippen molar-refractivity contribution in [1.29, 1.82) is 0 Å². The molecule has 2 nitrogen and oxygen atoms in total. The summed E-state index contributed by atoms with van der Waals surface area (Å²) in [5.41, 5.74) is 1.10. The first-order valence-electron chi connectivity index (χ1n) is 4.15. The van der Waals surface area contributed by atoms with Crippen molar-refractivity contribution in [3.63, 3.8) is 0 Å². The average Bonchev–Trinajstić information content (AvgIpc) is 2.90. The highest BCUT2D eigenvalue weighted by molar-refractivity contribution is 7.47. The van der Waals surface area contributed by atoms with Gasteiger partial charge in [0.05, 0.1) is 0 Å². The van der Waals surface area contributed by atoms with Crippen molar-refractivity contribution in [2.24, 2.45) is 0 Å². The third-order valence-corrected chi connectivity index (χ3v) is 2.36. The molecular formula is C10H13O2P. The van der Waals surface area contributed by atoms with Crippen LogP contribution in [0.25, 0.3) is 0 Å². The van der Waals surface area contributed by atoms with Crippen LogP contribution in [0, 0.1) is 6.92 Å². The van der Waals surface area contributed by atoms with E-state index in [1.807, 2.05) is 19.1 Å². The maximum atomic E-state index is 10.5. The SMILES string of the molecule is C1=CC1.Cc1ccc([PH](=O)O)cc1. The van der Waals surface area contributed by atoms with Gasteiger partial charge in [-0.15, -0.1) is 0 Å². The minimum absolute atomic E-state index is 0.524. The first-order chi connectivity index (χ1) is 6.20. The van der Waals surface area contributed by atoms with Gasteiger partial charge in [-0.2, -0.15) is 0 Å². The molecule has 1 aromatic rings. The summed E-state index contributed by atoms with van der Waals surface area (Å²) in [6.07, 6.45) is 5.50. The highest BCUT2D eigenvalue weighted by Crippen LogP contribution is 2.12. The van der Waals surface area contributed by atoms with Crippen LogP contribution < -0.4 is 5.30 Å². The minimum atomic E-state index is -2.48. The lowest BCUT2D eigenvalue weighted by Crippen LogP contribution is -1.93. The fraction of sp³-hybridized carbons (Fsp3) is 0.200. The van der Waals surface area contributed by atoms with E-state index in [0.29, 0.717) is 5.30 Å². The van der Waals surface area contributed by atoms with Gasteiger partial charge in [-0.05, 0) is 25.5 Å². The standard InChI is InChI=1S/C7H9O2P.C3H4/c1-6-2-4-7(5-3-6)10(8)9;1-2-3-1/h2-5,10H,1H3,(H,8,9);1-2H,3H2. The van der Waals surface area contributed by atoms with Crippen LogP contribution in [0.5, 0.6) is 0 Å². The normalized spacial score (nSPS) is 14.3. The third kappa shape index (κ3) is 4.66. The number of rotatable bonds is 1. The number of aryl methyl sites for hydroxylation is 1. The van der Waals surface area contributed by atoms with E-state index in [-0.39, 0.29) is 0 Å². The molecule has 70 valence electrons. The zero-order valence-corrected chi connectivity index (χ0v) is 8.53. The molecule has 13 heavy (non-hydrogen) atoms. The molecule has 1 aliphatic carbocycles. The Morgan fingerprint density at radius 1 is 1.23 bits per heavy atom. The van der Waals surface area contributed by atoms with Crippen molar-refractivity contribution in [2.45, 2.75) is 13.3 Å². The molecule has 0 amide bonds. The van der Waals surface area contributed by atoms with Crippen LogP contribution in [0.3, 0.4) is 0 Å². The lowest BCUT2D eigenvalue weighted by Gasteiger charge is -1.94. The molecule has 0 radical (unpaired) electrons. The van der Waals surface area contributed by atoms with Crippen LogP contribution in [0.1, 0.15) is 12.0 Å². The fourth-order valence-corrected chi connectivity index (χ4v) is 1.15. The highest BCUT2D eigenvalue weighted by atomic mass is 31.1. The van der Waals surface area contributed by atoms with Crippen molar-refractivity contribution in [2.75, 3.05) is 0 Å². The quantitative estimate of drug-likeness (QED) is 0.551. The molecule has 0 aliphatic heterocycles. The van der Waals surface area contributed by atoms with Gasteiger partial charge in [0.2, 0.25) is 8.03 Å². The van der Waals surface area contributed by atoms with Gasteiger partial charge in [0.1, 0.15) is 0 Å². The lowest BCUT2D eigenvalue weighted by molar-refractivity contribution is 0.513. The monoisotopic (exact) mass is 196 g/mol. The molecule has 0 bridgehead atoms. The number of hydrogen-bond acceptors (Lipinski definition) is 1. The van der Waals surface area contributed by atoms with E-state index in [9.17, 15) is 4.57 Å². The van der Waals surface area contributed by atoms with Gasteiger partial charge in [0.25, 0.3) is 0 Å². The second-order valence-electron chi connectivity index (χ2n) is 2.88. The topological polar surface area (TPSA) is 37.3 Å². The van der Waals surface area contributed by atoms with E-state index in [2.05, 4.69) is 12.2 Å². The molecule has 0 saturated carbocycles. The Balaban J connectivity index is 0.000000236. The maximum absolute atomic E-state index is 10.5. The summed E-state index contributed by atoms with van der Waals surface area (Å²) in [5, 5.41) is 0.524. The summed E-state index contributed by atoms with van der Waals surface area (Å²) in [7, 11) is -2.48. The zero-order chi connectivity index (χ0) is 9.68. The van der Waals surface area contributed by atoms with Gasteiger partial charge in [-0.1, -0.05) is 29.8 Å². The van der Waals surface area contributed by atoms with Gasteiger partial charge >= 0.3 is 0 Å². The molecule has 0 aromatic heterocycles. The van der Waals surface area contributed by atoms with E-state index < -0.39 is 8.03 Å². The summed E-state index contributed by atoms with van der Waals surface area (Å²) >= 11 is 0. The van der Waals surface area contributed by atoms with E-state index in [4.69, 9.17) is 4.89 Å². The van der Waals surface area contributed by atoms with Gasteiger partial charge in [0.15, 0.2) is 0 Å². The molecule has 0 saturated heterocycles. The van der Waals surface area contributed by atoms with Crippen molar-refractivity contribution in [3.05, 3.63) is 42.0 Å². The molecule has 0 fully saturated rings. The second kappa shape index (κ2) is 5.00. The van der Waals surface area contributed by atoms with E-state index in [0.717, 1.165) is 5.56 Å². The van der Waals surface area contributed by atoms with Gasteiger partial charge in [0, 0.05) is 5.30 Å². The van der Waals surface area contributed by atoms with E-state index >= 15 is 0 Å². The van der Waals surface area contributed by atoms with Crippen LogP contribution in [0.4, 0.5) is 0 Å². The van der Waals surface area contributed by atoms with Gasteiger partial charge in [-0.3, -0.25) is 4.57 Å². The van der Waals surface area contributed by atoms with Gasteiger partial charge < -0.3 is 4.89 Å². The molecule has 1 aromatic carbocycles. The number of allylic oxidation sites excluding steroid dienone is 2. The summed E-state index contributed by atoms with van der Waals surface area (Å²) in [6, 6.07) is 7.01. The molecule has 1 aliphatic rings. The molecule has 3 heteroatoms. The van der Waals surface area contributed by atoms with Crippen molar-refractivity contribution >= 4 is 13.3 Å². The van der Waals surface area contributed by atoms with Gasteiger partial charge in [-0.25, -0.2) is 0 Å². The predicted molar refractivity (Wildman–Crippen MR) is 55.8 cm³/mol. The minimum Gasteiger partial charge on any atom is -0.343 e.